The van der Waals surface area contributed by atoms with Gasteiger partial charge in [-0.25, -0.2) is 9.37 Å². The van der Waals surface area contributed by atoms with Gasteiger partial charge in [0.1, 0.15) is 5.82 Å². The van der Waals surface area contributed by atoms with E-state index < -0.39 is 0 Å². The van der Waals surface area contributed by atoms with Crippen LogP contribution >= 0.6 is 11.8 Å². The van der Waals surface area contributed by atoms with Crippen molar-refractivity contribution < 1.29 is 14.0 Å². The lowest BCUT2D eigenvalue weighted by Crippen LogP contribution is -2.50. The second-order valence-corrected chi connectivity index (χ2v) is 9.84. The van der Waals surface area contributed by atoms with Crippen molar-refractivity contribution in [3.63, 3.8) is 0 Å². The molecule has 1 aromatic heterocycles. The Bertz CT molecular complexity index is 1190. The number of hydrogen-bond donors (Lipinski definition) is 1. The number of piperazine rings is 1. The van der Waals surface area contributed by atoms with E-state index in [0.717, 1.165) is 29.3 Å². The van der Waals surface area contributed by atoms with Gasteiger partial charge in [-0.3, -0.25) is 14.5 Å². The van der Waals surface area contributed by atoms with Crippen LogP contribution in [0.25, 0.3) is 11.3 Å². The first-order valence-corrected chi connectivity index (χ1v) is 12.9. The van der Waals surface area contributed by atoms with Crippen molar-refractivity contribution >= 4 is 29.3 Å². The number of halogens is 1. The third-order valence-corrected chi connectivity index (χ3v) is 7.22. The highest BCUT2D eigenvalue weighted by Crippen LogP contribution is 2.41. The molecule has 0 atom stereocenters. The normalized spacial score (nSPS) is 16.3. The lowest BCUT2D eigenvalue weighted by Gasteiger charge is -2.34. The number of carbonyl (C=O) groups excluding carboxylic acids is 2. The van der Waals surface area contributed by atoms with E-state index in [-0.39, 0.29) is 24.2 Å². The number of nitrogens with one attached hydrogen (secondary N) is 1. The quantitative estimate of drug-likeness (QED) is 0.482. The summed E-state index contributed by atoms with van der Waals surface area (Å²) < 4.78 is 15.6. The van der Waals surface area contributed by atoms with Crippen molar-refractivity contribution in [2.75, 3.05) is 43.8 Å². The topological polar surface area (TPSA) is 70.5 Å². The summed E-state index contributed by atoms with van der Waals surface area (Å²) in [5.41, 5.74) is 2.69. The number of anilines is 1. The number of hydrogen-bond acceptors (Lipinski definition) is 5. The largest absolute Gasteiger partial charge is 0.339 e. The molecular weight excluding hydrogens is 465 g/mol. The lowest BCUT2D eigenvalue weighted by molar-refractivity contribution is -0.130. The van der Waals surface area contributed by atoms with Crippen LogP contribution in [0.3, 0.4) is 0 Å². The molecule has 0 bridgehead atoms. The van der Waals surface area contributed by atoms with Gasteiger partial charge in [0.15, 0.2) is 5.16 Å². The van der Waals surface area contributed by atoms with Crippen molar-refractivity contribution in [3.05, 3.63) is 66.6 Å². The van der Waals surface area contributed by atoms with Gasteiger partial charge in [0.05, 0.1) is 24.2 Å². The summed E-state index contributed by atoms with van der Waals surface area (Å²) in [6.07, 6.45) is 4.20. The summed E-state index contributed by atoms with van der Waals surface area (Å²) in [4.78, 5) is 33.7. The first-order chi connectivity index (χ1) is 17.1. The van der Waals surface area contributed by atoms with Crippen LogP contribution in [-0.4, -0.2) is 69.6 Å². The van der Waals surface area contributed by atoms with Gasteiger partial charge in [0, 0.05) is 37.9 Å². The number of imidazole rings is 1. The monoisotopic (exact) mass is 493 g/mol. The summed E-state index contributed by atoms with van der Waals surface area (Å²) in [5.74, 6) is -0.140. The fourth-order valence-electron chi connectivity index (χ4n) is 4.30. The molecule has 1 aliphatic heterocycles. The minimum atomic E-state index is -0.385. The number of benzene rings is 2. The molecule has 35 heavy (non-hydrogen) atoms. The molecule has 2 fully saturated rings. The van der Waals surface area contributed by atoms with Crippen LogP contribution in [0.15, 0.2) is 66.0 Å². The number of rotatable bonds is 8. The molecule has 2 heterocycles. The average molecular weight is 494 g/mol. The minimum Gasteiger partial charge on any atom is -0.339 e. The zero-order chi connectivity index (χ0) is 24.2. The number of carbonyl (C=O) groups is 2. The maximum atomic E-state index is 13.3. The molecular formula is C26H28FN5O2S. The van der Waals surface area contributed by atoms with Crippen LogP contribution in [0.1, 0.15) is 18.9 Å². The number of aromatic nitrogens is 2. The molecule has 7 nitrogen and oxygen atoms in total. The molecule has 9 heteroatoms. The SMILES string of the molecule is O=C(CN1CCN(C(=O)CSc2ncc(-c3ccccc3)n2C2CC2)CC1)Nc1cccc(F)c1. The fraction of sp³-hybridized carbons (Fsp3) is 0.346. The van der Waals surface area contributed by atoms with Gasteiger partial charge in [-0.1, -0.05) is 48.2 Å². The van der Waals surface area contributed by atoms with Crippen LogP contribution in [0.4, 0.5) is 10.1 Å². The first kappa shape index (κ1) is 23.6. The third-order valence-electron chi connectivity index (χ3n) is 6.27. The van der Waals surface area contributed by atoms with Gasteiger partial charge >= 0.3 is 0 Å². The molecule has 2 aliphatic rings. The van der Waals surface area contributed by atoms with E-state index in [4.69, 9.17) is 0 Å². The van der Waals surface area contributed by atoms with Crippen molar-refractivity contribution in [1.82, 2.24) is 19.4 Å². The van der Waals surface area contributed by atoms with Gasteiger partial charge in [-0.2, -0.15) is 0 Å². The molecule has 1 saturated heterocycles. The van der Waals surface area contributed by atoms with Gasteiger partial charge in [-0.05, 0) is 36.6 Å². The predicted molar refractivity (Wildman–Crippen MR) is 135 cm³/mol. The molecule has 2 aromatic carbocycles. The zero-order valence-corrected chi connectivity index (χ0v) is 20.2. The Morgan fingerprint density at radius 2 is 1.80 bits per heavy atom. The van der Waals surface area contributed by atoms with E-state index in [0.29, 0.717) is 43.7 Å². The molecule has 182 valence electrons. The van der Waals surface area contributed by atoms with Crippen LogP contribution in [0, 0.1) is 5.82 Å². The Balaban J connectivity index is 1.11. The standard InChI is InChI=1S/C26H28FN5O2S/c27-20-7-4-8-21(15-20)29-24(33)17-30-11-13-31(14-12-30)25(34)18-35-26-28-16-23(32(26)22-9-10-22)19-5-2-1-3-6-19/h1-8,15-16,22H,9-14,17-18H2,(H,29,33). The molecule has 5 rings (SSSR count). The summed E-state index contributed by atoms with van der Waals surface area (Å²) in [6, 6.07) is 16.6. The predicted octanol–water partition coefficient (Wildman–Crippen LogP) is 3.90. The first-order valence-electron chi connectivity index (χ1n) is 11.9. The fourth-order valence-corrected chi connectivity index (χ4v) is 5.25. The maximum Gasteiger partial charge on any atom is 0.238 e. The zero-order valence-electron chi connectivity index (χ0n) is 19.4. The second-order valence-electron chi connectivity index (χ2n) is 8.90. The van der Waals surface area contributed by atoms with E-state index in [1.54, 1.807) is 12.1 Å². The third kappa shape index (κ3) is 5.91. The second kappa shape index (κ2) is 10.6. The van der Waals surface area contributed by atoms with Crippen molar-refractivity contribution in [1.29, 1.82) is 0 Å². The molecule has 0 unspecified atom stereocenters. The van der Waals surface area contributed by atoms with E-state index in [1.807, 2.05) is 34.2 Å². The van der Waals surface area contributed by atoms with E-state index >= 15 is 0 Å². The highest BCUT2D eigenvalue weighted by molar-refractivity contribution is 7.99. The Morgan fingerprint density at radius 3 is 2.51 bits per heavy atom. The van der Waals surface area contributed by atoms with Crippen LogP contribution < -0.4 is 5.32 Å². The average Bonchev–Trinajstić information content (AvgIpc) is 3.62. The number of thioether (sulfide) groups is 1. The van der Waals surface area contributed by atoms with Gasteiger partial charge in [0.2, 0.25) is 11.8 Å². The van der Waals surface area contributed by atoms with Gasteiger partial charge in [-0.15, -0.1) is 0 Å². The summed E-state index contributed by atoms with van der Waals surface area (Å²) in [5, 5.41) is 3.62. The highest BCUT2D eigenvalue weighted by atomic mass is 32.2. The summed E-state index contributed by atoms with van der Waals surface area (Å²) in [6.45, 7) is 2.63. The lowest BCUT2D eigenvalue weighted by atomic mass is 10.2. The Morgan fingerprint density at radius 1 is 1.03 bits per heavy atom. The Labute approximate surface area is 208 Å². The Hall–Kier alpha value is -3.17. The summed E-state index contributed by atoms with van der Waals surface area (Å²) >= 11 is 1.50. The van der Waals surface area contributed by atoms with Crippen LogP contribution in [0.2, 0.25) is 0 Å². The Kier molecular flexibility index (Phi) is 7.15. The molecule has 0 spiro atoms. The molecule has 2 amide bonds. The number of amides is 2. The van der Waals surface area contributed by atoms with Crippen LogP contribution in [-0.2, 0) is 9.59 Å². The van der Waals surface area contributed by atoms with E-state index in [1.165, 1.54) is 23.9 Å². The molecule has 3 aromatic rings. The van der Waals surface area contributed by atoms with Crippen molar-refractivity contribution in [3.8, 4) is 11.3 Å². The van der Waals surface area contributed by atoms with Crippen molar-refractivity contribution in [2.24, 2.45) is 0 Å². The van der Waals surface area contributed by atoms with E-state index in [2.05, 4.69) is 27.0 Å². The van der Waals surface area contributed by atoms with Crippen molar-refractivity contribution in [2.45, 2.75) is 24.0 Å². The van der Waals surface area contributed by atoms with Gasteiger partial charge < -0.3 is 14.8 Å². The number of nitrogens with zero attached hydrogens (tertiary/aromatic N) is 4. The smallest absolute Gasteiger partial charge is 0.238 e. The molecule has 1 saturated carbocycles. The summed E-state index contributed by atoms with van der Waals surface area (Å²) in [7, 11) is 0. The van der Waals surface area contributed by atoms with Crippen LogP contribution in [0.5, 0.6) is 0 Å². The van der Waals surface area contributed by atoms with Gasteiger partial charge in [0.25, 0.3) is 0 Å². The highest BCUT2D eigenvalue weighted by Gasteiger charge is 2.30. The molecule has 1 aliphatic carbocycles. The molecule has 0 radical (unpaired) electrons. The minimum absolute atomic E-state index is 0.0884. The van der Waals surface area contributed by atoms with E-state index in [9.17, 15) is 14.0 Å². The maximum absolute atomic E-state index is 13.3. The molecule has 1 N–H and O–H groups in total.